The maximum Gasteiger partial charge on any atom is 0.342 e. The van der Waals surface area contributed by atoms with Crippen molar-refractivity contribution in [1.29, 1.82) is 0 Å². The number of ether oxygens (including phenoxy) is 7. The summed E-state index contributed by atoms with van der Waals surface area (Å²) in [6, 6.07) is 7.04. The number of aryl methyl sites for hydroxylation is 1. The minimum absolute atomic E-state index is 0.00565. The van der Waals surface area contributed by atoms with Crippen LogP contribution in [0.4, 0.5) is 20.2 Å². The van der Waals surface area contributed by atoms with E-state index in [1.54, 1.807) is 92.7 Å². The molecule has 2 radical (unpaired) electrons. The van der Waals surface area contributed by atoms with Gasteiger partial charge in [-0.2, -0.15) is 0 Å². The minimum Gasteiger partial charge on any atom is -0.507 e. The Morgan fingerprint density at radius 1 is 0.708 bits per heavy atom. The van der Waals surface area contributed by atoms with E-state index in [1.165, 1.54) is 37.9 Å². The van der Waals surface area contributed by atoms with Gasteiger partial charge in [-0.05, 0) is 122 Å². The molecule has 19 heteroatoms. The van der Waals surface area contributed by atoms with E-state index in [4.69, 9.17) is 40.0 Å². The topological polar surface area (TPSA) is 160 Å². The Labute approximate surface area is 430 Å². The van der Waals surface area contributed by atoms with E-state index in [2.05, 4.69) is 4.74 Å². The van der Waals surface area contributed by atoms with Gasteiger partial charge in [-0.3, -0.25) is 0 Å². The number of cyclic esters (lactones) is 2. The maximum atomic E-state index is 15.2. The van der Waals surface area contributed by atoms with Crippen molar-refractivity contribution in [3.63, 3.8) is 0 Å². The number of halogens is 3. The second-order valence-corrected chi connectivity index (χ2v) is 19.7. The van der Waals surface area contributed by atoms with Gasteiger partial charge in [0, 0.05) is 48.2 Å². The Hall–Kier alpha value is -4.84. The van der Waals surface area contributed by atoms with Crippen LogP contribution in [-0.2, 0) is 42.7 Å². The Kier molecular flexibility index (Phi) is 21.9. The Morgan fingerprint density at radius 2 is 1.10 bits per heavy atom. The van der Waals surface area contributed by atoms with Gasteiger partial charge >= 0.3 is 26.8 Å². The molecule has 72 heavy (non-hydrogen) atoms. The second kappa shape index (κ2) is 26.4. The zero-order valence-corrected chi connectivity index (χ0v) is 44.7. The molecule has 0 spiro atoms. The lowest BCUT2D eigenvalue weighted by Crippen LogP contribution is -2.30. The molecule has 0 aliphatic carbocycles. The number of fused-ring (bicyclic) bond motifs is 4. The number of carbonyl (C=O) groups is 4. The van der Waals surface area contributed by atoms with Gasteiger partial charge in [-0.25, -0.2) is 18.4 Å². The lowest BCUT2D eigenvalue weighted by Gasteiger charge is -2.25. The highest BCUT2D eigenvalue weighted by atomic mass is 35.5. The molecule has 2 aromatic carbocycles. The predicted molar refractivity (Wildman–Crippen MR) is 279 cm³/mol. The quantitative estimate of drug-likeness (QED) is 0.121. The minimum atomic E-state index is -0.861. The second-order valence-electron chi connectivity index (χ2n) is 19.5. The first-order valence-corrected chi connectivity index (χ1v) is 24.6. The molecule has 0 saturated carbocycles. The number of aromatic hydroxyl groups is 1. The molecule has 0 unspecified atom stereocenters. The summed E-state index contributed by atoms with van der Waals surface area (Å²) in [5, 5.41) is 10.7. The molecule has 4 aliphatic heterocycles. The van der Waals surface area contributed by atoms with Crippen LogP contribution in [0.2, 0.25) is 0 Å². The van der Waals surface area contributed by atoms with E-state index in [0.29, 0.717) is 53.7 Å². The van der Waals surface area contributed by atoms with Crippen molar-refractivity contribution in [3.8, 4) is 5.75 Å². The van der Waals surface area contributed by atoms with Crippen molar-refractivity contribution in [2.45, 2.75) is 137 Å². The van der Waals surface area contributed by atoms with Gasteiger partial charge in [0.05, 0.1) is 30.0 Å². The SMILES string of the molecule is COCCl.C[C@@H]1/C=C(/F)[C@@H](C)[C@H]2OC(C)(C)O[C@H]2C/C=C/c2cc(N(C)[B]C=O)cc(O)c2C(=O)O[C@H]1C.Cc1cc(N(C)[B]C=O)cc2c1C(=O)O[C@@H](C)[C@H](C)/C=C(/F)[C@@H](C)[C@H]1OC(C)(C)O[C@H]1C/C=C/2. The van der Waals surface area contributed by atoms with Crippen molar-refractivity contribution < 1.29 is 66.2 Å². The largest absolute Gasteiger partial charge is 0.507 e. The predicted octanol–water partition coefficient (Wildman–Crippen LogP) is 9.92. The van der Waals surface area contributed by atoms with Gasteiger partial charge < -0.3 is 57.5 Å². The van der Waals surface area contributed by atoms with Crippen LogP contribution in [-0.4, -0.2) is 120 Å². The number of hydrogen-bond acceptors (Lipinski definition) is 14. The van der Waals surface area contributed by atoms with Gasteiger partial charge in [0.2, 0.25) is 0 Å². The average molecular weight is 1020 g/mol. The van der Waals surface area contributed by atoms with Crippen molar-refractivity contribution in [2.75, 3.05) is 36.9 Å². The third kappa shape index (κ3) is 15.8. The van der Waals surface area contributed by atoms with Crippen LogP contribution in [0.5, 0.6) is 5.75 Å². The number of alkyl halides is 1. The molecule has 10 atom stereocenters. The third-order valence-corrected chi connectivity index (χ3v) is 13.1. The highest BCUT2D eigenvalue weighted by Gasteiger charge is 2.46. The van der Waals surface area contributed by atoms with Crippen molar-refractivity contribution in [2.24, 2.45) is 23.7 Å². The Morgan fingerprint density at radius 3 is 1.50 bits per heavy atom. The Bertz CT molecular complexity index is 2190. The zero-order valence-electron chi connectivity index (χ0n) is 43.9. The van der Waals surface area contributed by atoms with E-state index in [-0.39, 0.29) is 35.0 Å². The molecule has 2 saturated heterocycles. The molecule has 14 nitrogen and oxygen atoms in total. The zero-order chi connectivity index (χ0) is 53.8. The fourth-order valence-electron chi connectivity index (χ4n) is 8.61. The standard InChI is InChI=1S/C26H34BFNO5.C25H32BFNO6.C2H5ClO/c1-15-12-21(28)17(3)24-22(33-26(5,6)34-24)10-8-9-19-13-20(29(7)27-14-30)11-16(2)23(19)25(31)32-18(15)4;1-14-10-19(27)15(2)23-21(33-25(4,5)34-23)9-7-8-17-11-18(28(6)26-13-29)12-20(30)22(17)24(31)32-16(14)3;1-4-2-3/h8-9,11-15,17-18,22,24H,10H2,1-7H3;7-8,10-16,21,23,30H,9H2,1-6H3;2H2,1H3/b9-8+,21-12+;8-7+,19-10+;/t15-,17-,18+,22+,24-;14-,15-,16+,21+,23-;/m11./s1. The summed E-state index contributed by atoms with van der Waals surface area (Å²) in [7, 11) is 7.68. The van der Waals surface area contributed by atoms with Crippen LogP contribution in [0.25, 0.3) is 12.2 Å². The number of hydrogen-bond donors (Lipinski definition) is 1. The van der Waals surface area contributed by atoms with E-state index in [9.17, 15) is 24.3 Å². The van der Waals surface area contributed by atoms with Crippen molar-refractivity contribution >= 4 is 74.3 Å². The normalized spacial score (nSPS) is 30.3. The van der Waals surface area contributed by atoms with Gasteiger partial charge in [-0.1, -0.05) is 63.6 Å². The highest BCUT2D eigenvalue weighted by molar-refractivity contribution is 6.70. The number of nitrogens with zero attached hydrogens (tertiary/aromatic N) is 2. The van der Waals surface area contributed by atoms with E-state index in [1.807, 2.05) is 52.0 Å². The smallest absolute Gasteiger partial charge is 0.342 e. The summed E-state index contributed by atoms with van der Waals surface area (Å²) in [4.78, 5) is 51.3. The van der Waals surface area contributed by atoms with Gasteiger partial charge in [0.25, 0.3) is 0 Å². The first-order chi connectivity index (χ1) is 33.8. The van der Waals surface area contributed by atoms with Crippen molar-refractivity contribution in [1.82, 2.24) is 0 Å². The van der Waals surface area contributed by atoms with Gasteiger partial charge in [0.15, 0.2) is 11.6 Å². The van der Waals surface area contributed by atoms with Crippen LogP contribution >= 0.6 is 11.6 Å². The summed E-state index contributed by atoms with van der Waals surface area (Å²) >= 11 is 4.96. The number of anilines is 2. The molecule has 4 heterocycles. The van der Waals surface area contributed by atoms with Gasteiger partial charge in [0.1, 0.15) is 53.6 Å². The molecular formula is C53H71B2ClF2N2O12. The molecular weight excluding hydrogens is 952 g/mol. The number of carbonyl (C=O) groups excluding carboxylic acids is 4. The summed E-state index contributed by atoms with van der Waals surface area (Å²) in [6.07, 6.45) is 9.53. The molecule has 2 fully saturated rings. The number of phenolic OH excluding ortho intramolecular Hbond substituents is 1. The molecule has 0 aromatic heterocycles. The van der Waals surface area contributed by atoms with Gasteiger partial charge in [-0.15, -0.1) is 0 Å². The van der Waals surface area contributed by atoms with E-state index in [0.717, 1.165) is 11.3 Å². The summed E-state index contributed by atoms with van der Waals surface area (Å²) in [5.41, 5.74) is 3.53. The van der Waals surface area contributed by atoms with Crippen LogP contribution in [0.3, 0.4) is 0 Å². The van der Waals surface area contributed by atoms with Crippen LogP contribution < -0.4 is 9.62 Å². The molecule has 4 aliphatic rings. The number of benzene rings is 2. The molecule has 1 N–H and O–H groups in total. The highest BCUT2D eigenvalue weighted by Crippen LogP contribution is 2.40. The monoisotopic (exact) mass is 1020 g/mol. The molecule has 6 rings (SSSR count). The first kappa shape index (κ1) is 59.7. The third-order valence-electron chi connectivity index (χ3n) is 12.9. The lowest BCUT2D eigenvalue weighted by atomic mass is 9.91. The number of rotatable bonds is 7. The molecule has 0 bridgehead atoms. The summed E-state index contributed by atoms with van der Waals surface area (Å²) < 4.78 is 70.2. The molecule has 0 amide bonds. The fraction of sp³-hybridized carbons (Fsp3) is 0.547. The fourth-order valence-corrected chi connectivity index (χ4v) is 8.61. The van der Waals surface area contributed by atoms with E-state index >= 15 is 8.78 Å². The molecule has 392 valence electrons. The maximum absolute atomic E-state index is 15.2. The van der Waals surface area contributed by atoms with Crippen LogP contribution in [0, 0.1) is 30.6 Å². The first-order valence-electron chi connectivity index (χ1n) is 24.1. The Balaban J connectivity index is 0.000000291. The summed E-state index contributed by atoms with van der Waals surface area (Å²) in [6.45, 7) is 19.6. The van der Waals surface area contributed by atoms with E-state index < -0.39 is 71.8 Å². The number of phenols is 1. The molecule has 2 aromatic rings. The lowest BCUT2D eigenvalue weighted by molar-refractivity contribution is -0.149. The van der Waals surface area contributed by atoms with Crippen molar-refractivity contribution in [3.05, 3.63) is 88.0 Å². The van der Waals surface area contributed by atoms with Crippen LogP contribution in [0.1, 0.15) is 119 Å². The average Bonchev–Trinajstić information content (AvgIpc) is 3.80. The summed E-state index contributed by atoms with van der Waals surface area (Å²) in [5.74, 6) is -5.63. The number of methoxy groups -OCH3 is 1. The number of esters is 2. The van der Waals surface area contributed by atoms with Crippen LogP contribution in [0.15, 0.2) is 60.2 Å².